The first-order valence-electron chi connectivity index (χ1n) is 4.87. The maximum absolute atomic E-state index is 12.8. The van der Waals surface area contributed by atoms with Gasteiger partial charge < -0.3 is 5.32 Å². The van der Waals surface area contributed by atoms with Gasteiger partial charge in [0.1, 0.15) is 0 Å². The average molecular weight is 217 g/mol. The third kappa shape index (κ3) is 3.55. The molecule has 0 spiro atoms. The molecule has 0 unspecified atom stereocenters. The Hall–Kier alpha value is -1.03. The SMILES string of the molecule is CC(C)NCCc1cc(F)c(F)c(F)c1. The molecule has 1 aromatic rings. The highest BCUT2D eigenvalue weighted by atomic mass is 19.2. The van der Waals surface area contributed by atoms with Crippen molar-refractivity contribution in [2.45, 2.75) is 26.3 Å². The minimum absolute atomic E-state index is 0.320. The van der Waals surface area contributed by atoms with Crippen LogP contribution < -0.4 is 5.32 Å². The standard InChI is InChI=1S/C11H14F3N/c1-7(2)15-4-3-8-5-9(12)11(14)10(13)6-8/h5-7,15H,3-4H2,1-2H3. The Kier molecular flexibility index (Phi) is 4.15. The Bertz CT molecular complexity index is 314. The maximum Gasteiger partial charge on any atom is 0.194 e. The van der Waals surface area contributed by atoms with Gasteiger partial charge in [0, 0.05) is 6.04 Å². The zero-order valence-electron chi connectivity index (χ0n) is 8.78. The van der Waals surface area contributed by atoms with Crippen molar-refractivity contribution in [3.8, 4) is 0 Å². The van der Waals surface area contributed by atoms with E-state index in [4.69, 9.17) is 0 Å². The van der Waals surface area contributed by atoms with Gasteiger partial charge in [0.05, 0.1) is 0 Å². The Morgan fingerprint density at radius 3 is 2.13 bits per heavy atom. The molecule has 1 nitrogen and oxygen atoms in total. The van der Waals surface area contributed by atoms with Crippen LogP contribution in [-0.4, -0.2) is 12.6 Å². The molecule has 84 valence electrons. The van der Waals surface area contributed by atoms with Crippen molar-refractivity contribution in [1.82, 2.24) is 5.32 Å². The number of halogens is 3. The Morgan fingerprint density at radius 2 is 1.67 bits per heavy atom. The van der Waals surface area contributed by atoms with E-state index in [1.54, 1.807) is 0 Å². The average Bonchev–Trinajstić information content (AvgIpc) is 2.13. The van der Waals surface area contributed by atoms with Gasteiger partial charge >= 0.3 is 0 Å². The van der Waals surface area contributed by atoms with Gasteiger partial charge in [-0.3, -0.25) is 0 Å². The lowest BCUT2D eigenvalue weighted by Gasteiger charge is -2.08. The molecule has 0 aliphatic carbocycles. The van der Waals surface area contributed by atoms with Gasteiger partial charge in [-0.15, -0.1) is 0 Å². The lowest BCUT2D eigenvalue weighted by Crippen LogP contribution is -2.25. The number of rotatable bonds is 4. The summed E-state index contributed by atoms with van der Waals surface area (Å²) in [6.45, 7) is 4.57. The van der Waals surface area contributed by atoms with Gasteiger partial charge in [0.15, 0.2) is 17.5 Å². The summed E-state index contributed by atoms with van der Waals surface area (Å²) in [6, 6.07) is 2.38. The van der Waals surface area contributed by atoms with Crippen LogP contribution in [0.4, 0.5) is 13.2 Å². The van der Waals surface area contributed by atoms with Crippen LogP contribution >= 0.6 is 0 Å². The number of nitrogens with one attached hydrogen (secondary N) is 1. The van der Waals surface area contributed by atoms with Crippen LogP contribution in [0, 0.1) is 17.5 Å². The number of benzene rings is 1. The second-order valence-electron chi connectivity index (χ2n) is 3.73. The summed E-state index contributed by atoms with van der Waals surface area (Å²) in [4.78, 5) is 0. The van der Waals surface area contributed by atoms with Crippen molar-refractivity contribution in [2.24, 2.45) is 0 Å². The summed E-state index contributed by atoms with van der Waals surface area (Å²) < 4.78 is 38.2. The fraction of sp³-hybridized carbons (Fsp3) is 0.455. The molecule has 0 aliphatic heterocycles. The smallest absolute Gasteiger partial charge is 0.194 e. The molecular formula is C11H14F3N. The van der Waals surface area contributed by atoms with E-state index in [-0.39, 0.29) is 0 Å². The van der Waals surface area contributed by atoms with Crippen molar-refractivity contribution in [2.75, 3.05) is 6.54 Å². The zero-order chi connectivity index (χ0) is 11.4. The van der Waals surface area contributed by atoms with E-state index in [0.29, 0.717) is 24.6 Å². The van der Waals surface area contributed by atoms with Crippen LogP contribution in [0.1, 0.15) is 19.4 Å². The minimum Gasteiger partial charge on any atom is -0.314 e. The van der Waals surface area contributed by atoms with Crippen molar-refractivity contribution in [3.63, 3.8) is 0 Å². The molecule has 15 heavy (non-hydrogen) atoms. The molecule has 0 bridgehead atoms. The lowest BCUT2D eigenvalue weighted by atomic mass is 10.1. The van der Waals surface area contributed by atoms with Gasteiger partial charge in [0.25, 0.3) is 0 Å². The molecule has 0 aliphatic rings. The molecule has 0 saturated heterocycles. The van der Waals surface area contributed by atoms with Crippen LogP contribution in [0.2, 0.25) is 0 Å². The summed E-state index contributed by atoms with van der Waals surface area (Å²) >= 11 is 0. The molecular weight excluding hydrogens is 203 g/mol. The quantitative estimate of drug-likeness (QED) is 0.764. The molecule has 0 radical (unpaired) electrons. The molecule has 0 aromatic heterocycles. The summed E-state index contributed by atoms with van der Waals surface area (Å²) in [6.07, 6.45) is 0.478. The highest BCUT2D eigenvalue weighted by molar-refractivity contribution is 5.19. The van der Waals surface area contributed by atoms with Crippen LogP contribution in [0.25, 0.3) is 0 Å². The van der Waals surface area contributed by atoms with E-state index in [2.05, 4.69) is 5.32 Å². The van der Waals surface area contributed by atoms with E-state index < -0.39 is 17.5 Å². The largest absolute Gasteiger partial charge is 0.314 e. The highest BCUT2D eigenvalue weighted by Gasteiger charge is 2.09. The van der Waals surface area contributed by atoms with Crippen LogP contribution in [0.5, 0.6) is 0 Å². The van der Waals surface area contributed by atoms with Crippen molar-refractivity contribution in [1.29, 1.82) is 0 Å². The maximum atomic E-state index is 12.8. The predicted molar refractivity (Wildman–Crippen MR) is 53.2 cm³/mol. The first-order valence-corrected chi connectivity index (χ1v) is 4.87. The van der Waals surface area contributed by atoms with Crippen LogP contribution in [-0.2, 0) is 6.42 Å². The molecule has 0 saturated carbocycles. The first kappa shape index (κ1) is 12.0. The molecule has 1 rings (SSSR count). The van der Waals surface area contributed by atoms with E-state index in [1.165, 1.54) is 0 Å². The van der Waals surface area contributed by atoms with Crippen molar-refractivity contribution in [3.05, 3.63) is 35.1 Å². The van der Waals surface area contributed by atoms with Gasteiger partial charge in [-0.1, -0.05) is 13.8 Å². The lowest BCUT2D eigenvalue weighted by molar-refractivity contribution is 0.444. The Morgan fingerprint density at radius 1 is 1.13 bits per heavy atom. The minimum atomic E-state index is -1.41. The van der Waals surface area contributed by atoms with Crippen LogP contribution in [0.15, 0.2) is 12.1 Å². The fourth-order valence-corrected chi connectivity index (χ4v) is 1.26. The van der Waals surface area contributed by atoms with E-state index >= 15 is 0 Å². The highest BCUT2D eigenvalue weighted by Crippen LogP contribution is 2.13. The molecule has 1 N–H and O–H groups in total. The summed E-state index contributed by atoms with van der Waals surface area (Å²) in [5.74, 6) is -3.67. The third-order valence-electron chi connectivity index (χ3n) is 2.01. The number of hydrogen-bond acceptors (Lipinski definition) is 1. The monoisotopic (exact) mass is 217 g/mol. The Labute approximate surface area is 87.3 Å². The molecule has 4 heteroatoms. The number of hydrogen-bond donors (Lipinski definition) is 1. The van der Waals surface area contributed by atoms with Crippen LogP contribution in [0.3, 0.4) is 0 Å². The summed E-state index contributed by atoms with van der Waals surface area (Å²) in [5.41, 5.74) is 0.458. The van der Waals surface area contributed by atoms with E-state index in [0.717, 1.165) is 12.1 Å². The van der Waals surface area contributed by atoms with Gasteiger partial charge in [-0.2, -0.15) is 0 Å². The van der Waals surface area contributed by atoms with Crippen molar-refractivity contribution < 1.29 is 13.2 Å². The molecule has 0 atom stereocenters. The van der Waals surface area contributed by atoms with Crippen molar-refractivity contribution >= 4 is 0 Å². The van der Waals surface area contributed by atoms with E-state index in [1.807, 2.05) is 13.8 Å². The second-order valence-corrected chi connectivity index (χ2v) is 3.73. The first-order chi connectivity index (χ1) is 7.00. The topological polar surface area (TPSA) is 12.0 Å². The van der Waals surface area contributed by atoms with Gasteiger partial charge in [-0.05, 0) is 30.7 Å². The molecule has 0 fully saturated rings. The normalized spacial score (nSPS) is 11.1. The van der Waals surface area contributed by atoms with Gasteiger partial charge in [-0.25, -0.2) is 13.2 Å². The van der Waals surface area contributed by atoms with Gasteiger partial charge in [0.2, 0.25) is 0 Å². The third-order valence-corrected chi connectivity index (χ3v) is 2.01. The zero-order valence-corrected chi connectivity index (χ0v) is 8.78. The molecule has 0 heterocycles. The summed E-state index contributed by atoms with van der Waals surface area (Å²) in [5, 5.41) is 3.11. The second kappa shape index (κ2) is 5.16. The summed E-state index contributed by atoms with van der Waals surface area (Å²) in [7, 11) is 0. The molecule has 1 aromatic carbocycles. The predicted octanol–water partition coefficient (Wildman–Crippen LogP) is 2.64. The molecule has 0 amide bonds. The Balaban J connectivity index is 2.63. The fourth-order valence-electron chi connectivity index (χ4n) is 1.26. The van der Waals surface area contributed by atoms with E-state index in [9.17, 15) is 13.2 Å².